The Hall–Kier alpha value is -1.02. The van der Waals surface area contributed by atoms with Crippen LogP contribution in [0.15, 0.2) is 24.3 Å². The van der Waals surface area contributed by atoms with Crippen molar-refractivity contribution >= 4 is 0 Å². The minimum absolute atomic E-state index is 0.362. The molecule has 0 radical (unpaired) electrons. The van der Waals surface area contributed by atoms with Gasteiger partial charge in [-0.05, 0) is 42.4 Å². The van der Waals surface area contributed by atoms with Gasteiger partial charge in [-0.1, -0.05) is 12.1 Å². The van der Waals surface area contributed by atoms with Crippen molar-refractivity contribution in [2.75, 3.05) is 19.6 Å². The van der Waals surface area contributed by atoms with Crippen LogP contribution in [-0.2, 0) is 6.42 Å². The minimum atomic E-state index is 0.362. The van der Waals surface area contributed by atoms with Gasteiger partial charge in [-0.3, -0.25) is 0 Å². The van der Waals surface area contributed by atoms with E-state index in [0.717, 1.165) is 18.3 Å². The molecule has 2 unspecified atom stereocenters. The molecule has 0 aromatic heterocycles. The Morgan fingerprint density at radius 3 is 2.47 bits per heavy atom. The van der Waals surface area contributed by atoms with Crippen molar-refractivity contribution in [2.24, 2.45) is 11.8 Å². The lowest BCUT2D eigenvalue weighted by Crippen LogP contribution is -2.25. The van der Waals surface area contributed by atoms with Crippen LogP contribution in [0.1, 0.15) is 12.0 Å². The maximum absolute atomic E-state index is 9.17. The number of hydrogen-bond donors (Lipinski definition) is 1. The number of benzene rings is 1. The molecule has 15 heavy (non-hydrogen) atoms. The van der Waals surface area contributed by atoms with Crippen LogP contribution in [-0.4, -0.2) is 29.6 Å². The number of aromatic hydroxyl groups is 1. The summed E-state index contributed by atoms with van der Waals surface area (Å²) in [4.78, 5) is 2.58. The fourth-order valence-corrected chi connectivity index (χ4v) is 2.63. The van der Waals surface area contributed by atoms with Crippen LogP contribution in [0.2, 0.25) is 0 Å². The quantitative estimate of drug-likeness (QED) is 0.811. The van der Waals surface area contributed by atoms with Crippen molar-refractivity contribution in [1.82, 2.24) is 4.90 Å². The Morgan fingerprint density at radius 2 is 1.80 bits per heavy atom. The Labute approximate surface area is 90.5 Å². The van der Waals surface area contributed by atoms with Gasteiger partial charge in [-0.2, -0.15) is 0 Å². The predicted octanol–water partition coefficient (Wildman–Crippen LogP) is 1.89. The molecule has 3 rings (SSSR count). The smallest absolute Gasteiger partial charge is 0.115 e. The molecule has 0 spiro atoms. The third-order valence-corrected chi connectivity index (χ3v) is 3.71. The van der Waals surface area contributed by atoms with Crippen molar-refractivity contribution in [1.29, 1.82) is 0 Å². The summed E-state index contributed by atoms with van der Waals surface area (Å²) < 4.78 is 0. The van der Waals surface area contributed by atoms with E-state index in [-0.39, 0.29) is 0 Å². The molecule has 0 bridgehead atoms. The molecule has 1 heterocycles. The SMILES string of the molecule is Oc1ccc(CCN2CC3CC3C2)cc1. The Morgan fingerprint density at radius 1 is 1.13 bits per heavy atom. The molecule has 1 aliphatic carbocycles. The largest absolute Gasteiger partial charge is 0.508 e. The van der Waals surface area contributed by atoms with Gasteiger partial charge in [-0.25, -0.2) is 0 Å². The number of phenols is 1. The summed E-state index contributed by atoms with van der Waals surface area (Å²) in [5, 5.41) is 9.17. The molecule has 1 aromatic carbocycles. The molecule has 1 saturated carbocycles. The second-order valence-corrected chi connectivity index (χ2v) is 4.93. The number of rotatable bonds is 3. The first-order valence-corrected chi connectivity index (χ1v) is 5.81. The lowest BCUT2D eigenvalue weighted by atomic mass is 10.1. The summed E-state index contributed by atoms with van der Waals surface area (Å²) in [5.74, 6) is 2.43. The first-order valence-electron chi connectivity index (χ1n) is 5.81. The average Bonchev–Trinajstić information content (AvgIpc) is 2.86. The van der Waals surface area contributed by atoms with Crippen molar-refractivity contribution in [3.05, 3.63) is 29.8 Å². The van der Waals surface area contributed by atoms with Gasteiger partial charge in [0, 0.05) is 19.6 Å². The van der Waals surface area contributed by atoms with E-state index >= 15 is 0 Å². The maximum atomic E-state index is 9.17. The molecule has 1 saturated heterocycles. The summed E-state index contributed by atoms with van der Waals surface area (Å²) in [6.07, 6.45) is 2.59. The predicted molar refractivity (Wildman–Crippen MR) is 59.8 cm³/mol. The second kappa shape index (κ2) is 3.53. The molecule has 0 amide bonds. The zero-order valence-electron chi connectivity index (χ0n) is 8.89. The van der Waals surface area contributed by atoms with E-state index < -0.39 is 0 Å². The summed E-state index contributed by atoms with van der Waals surface area (Å²) >= 11 is 0. The Kier molecular flexibility index (Phi) is 2.17. The van der Waals surface area contributed by atoms with Gasteiger partial charge in [0.2, 0.25) is 0 Å². The van der Waals surface area contributed by atoms with Gasteiger partial charge in [0.05, 0.1) is 0 Å². The van der Waals surface area contributed by atoms with Gasteiger partial charge >= 0.3 is 0 Å². The molecular weight excluding hydrogens is 186 g/mol. The number of nitrogens with zero attached hydrogens (tertiary/aromatic N) is 1. The van der Waals surface area contributed by atoms with E-state index in [9.17, 15) is 0 Å². The third-order valence-electron chi connectivity index (χ3n) is 3.71. The number of likely N-dealkylation sites (tertiary alicyclic amines) is 1. The average molecular weight is 203 g/mol. The van der Waals surface area contributed by atoms with Gasteiger partial charge in [0.15, 0.2) is 0 Å². The fraction of sp³-hybridized carbons (Fsp3) is 0.538. The number of piperidine rings is 1. The van der Waals surface area contributed by atoms with Gasteiger partial charge in [-0.15, -0.1) is 0 Å². The second-order valence-electron chi connectivity index (χ2n) is 4.93. The molecule has 2 fully saturated rings. The standard InChI is InChI=1S/C13H17NO/c15-13-3-1-10(2-4-13)5-6-14-8-11-7-12(11)9-14/h1-4,11-12,15H,5-9H2. The monoisotopic (exact) mass is 203 g/mol. The van der Waals surface area contributed by atoms with E-state index in [2.05, 4.69) is 4.90 Å². The topological polar surface area (TPSA) is 23.5 Å². The number of phenolic OH excluding ortho intramolecular Hbond substituents is 1. The molecule has 2 atom stereocenters. The van der Waals surface area contributed by atoms with Crippen LogP contribution in [0.3, 0.4) is 0 Å². The summed E-state index contributed by atoms with van der Waals surface area (Å²) in [6, 6.07) is 7.59. The molecule has 2 aliphatic rings. The van der Waals surface area contributed by atoms with Crippen molar-refractivity contribution < 1.29 is 5.11 Å². The molecule has 2 nitrogen and oxygen atoms in total. The highest BCUT2D eigenvalue weighted by Crippen LogP contribution is 2.44. The van der Waals surface area contributed by atoms with Gasteiger partial charge < -0.3 is 10.0 Å². The van der Waals surface area contributed by atoms with E-state index in [0.29, 0.717) is 5.75 Å². The molecule has 1 aliphatic heterocycles. The fourth-order valence-electron chi connectivity index (χ4n) is 2.63. The van der Waals surface area contributed by atoms with Crippen LogP contribution >= 0.6 is 0 Å². The number of hydrogen-bond acceptors (Lipinski definition) is 2. The van der Waals surface area contributed by atoms with Crippen molar-refractivity contribution in [3.8, 4) is 5.75 Å². The first kappa shape index (κ1) is 9.22. The van der Waals surface area contributed by atoms with Crippen LogP contribution in [0, 0.1) is 11.8 Å². The van der Waals surface area contributed by atoms with Crippen LogP contribution in [0.25, 0.3) is 0 Å². The highest BCUT2D eigenvalue weighted by Gasteiger charge is 2.44. The third kappa shape index (κ3) is 2.00. The van der Waals surface area contributed by atoms with E-state index in [1.807, 2.05) is 12.1 Å². The van der Waals surface area contributed by atoms with Crippen molar-refractivity contribution in [3.63, 3.8) is 0 Å². The first-order chi connectivity index (χ1) is 7.31. The maximum Gasteiger partial charge on any atom is 0.115 e. The van der Waals surface area contributed by atoms with Gasteiger partial charge in [0.25, 0.3) is 0 Å². The minimum Gasteiger partial charge on any atom is -0.508 e. The highest BCUT2D eigenvalue weighted by atomic mass is 16.3. The Balaban J connectivity index is 1.51. The zero-order valence-corrected chi connectivity index (χ0v) is 8.89. The van der Waals surface area contributed by atoms with Crippen LogP contribution in [0.5, 0.6) is 5.75 Å². The molecule has 1 N–H and O–H groups in total. The van der Waals surface area contributed by atoms with Crippen molar-refractivity contribution in [2.45, 2.75) is 12.8 Å². The highest BCUT2D eigenvalue weighted by molar-refractivity contribution is 5.26. The van der Waals surface area contributed by atoms with E-state index in [1.54, 1.807) is 12.1 Å². The molecule has 80 valence electrons. The number of fused-ring (bicyclic) bond motifs is 1. The zero-order chi connectivity index (χ0) is 10.3. The summed E-state index contributed by atoms with van der Waals surface area (Å²) in [7, 11) is 0. The molecular formula is C13H17NO. The Bertz CT molecular complexity index is 336. The lowest BCUT2D eigenvalue weighted by Gasteiger charge is -2.16. The summed E-state index contributed by atoms with van der Waals surface area (Å²) in [5.41, 5.74) is 1.33. The molecule has 2 heteroatoms. The normalized spacial score (nSPS) is 29.1. The van der Waals surface area contributed by atoms with Gasteiger partial charge in [0.1, 0.15) is 5.75 Å². The van der Waals surface area contributed by atoms with E-state index in [1.165, 1.54) is 31.6 Å². The summed E-state index contributed by atoms with van der Waals surface area (Å²) in [6.45, 7) is 3.82. The van der Waals surface area contributed by atoms with Crippen LogP contribution < -0.4 is 0 Å². The van der Waals surface area contributed by atoms with Crippen LogP contribution in [0.4, 0.5) is 0 Å². The van der Waals surface area contributed by atoms with E-state index in [4.69, 9.17) is 5.11 Å². The molecule has 1 aromatic rings. The lowest BCUT2D eigenvalue weighted by molar-refractivity contribution is 0.309.